The number of nitrogens with zero attached hydrogens (tertiary/aromatic N) is 1. The van der Waals surface area contributed by atoms with Crippen LogP contribution in [0.5, 0.6) is 0 Å². The standard InChI is InChI=1S/C12H17ClN2OS/c1-14-7-8-15(2)12(16)9-17-11-5-3-10(13)4-6-11/h3-6,14H,7-9H2,1-2H3. The summed E-state index contributed by atoms with van der Waals surface area (Å²) >= 11 is 7.32. The molecule has 0 aliphatic heterocycles. The number of benzene rings is 1. The molecule has 5 heteroatoms. The molecule has 1 rings (SSSR count). The predicted octanol–water partition coefficient (Wildman–Crippen LogP) is 2.11. The van der Waals surface area contributed by atoms with Crippen LogP contribution in [-0.4, -0.2) is 43.7 Å². The van der Waals surface area contributed by atoms with Gasteiger partial charge in [-0.1, -0.05) is 11.6 Å². The van der Waals surface area contributed by atoms with Crippen molar-refractivity contribution in [3.05, 3.63) is 29.3 Å². The number of likely N-dealkylation sites (N-methyl/N-ethyl adjacent to an activating group) is 2. The van der Waals surface area contributed by atoms with E-state index >= 15 is 0 Å². The van der Waals surface area contributed by atoms with Crippen LogP contribution in [0.2, 0.25) is 5.02 Å². The van der Waals surface area contributed by atoms with Gasteiger partial charge in [-0.3, -0.25) is 4.79 Å². The summed E-state index contributed by atoms with van der Waals surface area (Å²) in [6.07, 6.45) is 0. The molecule has 3 nitrogen and oxygen atoms in total. The molecule has 0 saturated carbocycles. The van der Waals surface area contributed by atoms with Gasteiger partial charge in [-0.25, -0.2) is 0 Å². The lowest BCUT2D eigenvalue weighted by Gasteiger charge is -2.16. The third kappa shape index (κ3) is 5.44. The summed E-state index contributed by atoms with van der Waals surface area (Å²) in [6, 6.07) is 7.51. The highest BCUT2D eigenvalue weighted by Gasteiger charge is 2.08. The molecule has 0 atom stereocenters. The molecule has 1 amide bonds. The van der Waals surface area contributed by atoms with E-state index < -0.39 is 0 Å². The monoisotopic (exact) mass is 272 g/mol. The van der Waals surface area contributed by atoms with E-state index in [0.29, 0.717) is 10.8 Å². The number of hydrogen-bond acceptors (Lipinski definition) is 3. The van der Waals surface area contributed by atoms with Gasteiger partial charge >= 0.3 is 0 Å². The quantitative estimate of drug-likeness (QED) is 0.805. The van der Waals surface area contributed by atoms with Crippen molar-refractivity contribution in [1.29, 1.82) is 0 Å². The number of thioether (sulfide) groups is 1. The first kappa shape index (κ1) is 14.4. The van der Waals surface area contributed by atoms with Gasteiger partial charge in [-0.05, 0) is 31.3 Å². The number of carbonyl (C=O) groups is 1. The average Bonchev–Trinajstić information content (AvgIpc) is 2.34. The SMILES string of the molecule is CNCCN(C)C(=O)CSc1ccc(Cl)cc1. The van der Waals surface area contributed by atoms with Gasteiger partial charge in [0.05, 0.1) is 5.75 Å². The molecule has 0 unspecified atom stereocenters. The normalized spacial score (nSPS) is 10.3. The maximum absolute atomic E-state index is 11.7. The van der Waals surface area contributed by atoms with Gasteiger partial charge in [0.2, 0.25) is 5.91 Å². The fourth-order valence-electron chi connectivity index (χ4n) is 1.19. The van der Waals surface area contributed by atoms with E-state index in [9.17, 15) is 4.79 Å². The van der Waals surface area contributed by atoms with Crippen LogP contribution in [-0.2, 0) is 4.79 Å². The van der Waals surface area contributed by atoms with Crippen LogP contribution in [0.4, 0.5) is 0 Å². The summed E-state index contributed by atoms with van der Waals surface area (Å²) in [5, 5.41) is 3.73. The Labute approximate surface area is 112 Å². The number of carbonyl (C=O) groups excluding carboxylic acids is 1. The van der Waals surface area contributed by atoms with Crippen molar-refractivity contribution in [2.45, 2.75) is 4.90 Å². The maximum Gasteiger partial charge on any atom is 0.232 e. The van der Waals surface area contributed by atoms with E-state index in [1.165, 1.54) is 11.8 Å². The molecule has 1 N–H and O–H groups in total. The summed E-state index contributed by atoms with van der Waals surface area (Å²) in [7, 11) is 3.70. The number of halogens is 1. The van der Waals surface area contributed by atoms with Gasteiger partial charge in [0.15, 0.2) is 0 Å². The third-order valence-electron chi connectivity index (χ3n) is 2.30. The van der Waals surface area contributed by atoms with Crippen molar-refractivity contribution < 1.29 is 4.79 Å². The molecule has 0 spiro atoms. The minimum Gasteiger partial charge on any atom is -0.344 e. The van der Waals surface area contributed by atoms with Gasteiger partial charge < -0.3 is 10.2 Å². The molecular weight excluding hydrogens is 256 g/mol. The summed E-state index contributed by atoms with van der Waals surface area (Å²) in [6.45, 7) is 1.55. The van der Waals surface area contributed by atoms with Crippen LogP contribution < -0.4 is 5.32 Å². The molecule has 0 aliphatic rings. The van der Waals surface area contributed by atoms with Gasteiger partial charge in [-0.15, -0.1) is 11.8 Å². The Kier molecular flexibility index (Phi) is 6.40. The van der Waals surface area contributed by atoms with E-state index in [1.807, 2.05) is 38.4 Å². The molecule has 0 fully saturated rings. The summed E-state index contributed by atoms with van der Waals surface area (Å²) in [4.78, 5) is 14.5. The fraction of sp³-hybridized carbons (Fsp3) is 0.417. The molecule has 0 radical (unpaired) electrons. The average molecular weight is 273 g/mol. The van der Waals surface area contributed by atoms with Crippen molar-refractivity contribution in [3.63, 3.8) is 0 Å². The zero-order chi connectivity index (χ0) is 12.7. The minimum absolute atomic E-state index is 0.139. The topological polar surface area (TPSA) is 32.3 Å². The highest BCUT2D eigenvalue weighted by Crippen LogP contribution is 2.20. The Morgan fingerprint density at radius 1 is 1.41 bits per heavy atom. The number of rotatable bonds is 6. The Morgan fingerprint density at radius 2 is 2.06 bits per heavy atom. The van der Waals surface area contributed by atoms with Crippen molar-refractivity contribution in [3.8, 4) is 0 Å². The minimum atomic E-state index is 0.139. The molecule has 0 heterocycles. The second-order valence-electron chi connectivity index (χ2n) is 3.66. The molecule has 17 heavy (non-hydrogen) atoms. The molecule has 0 aromatic heterocycles. The number of nitrogens with one attached hydrogen (secondary N) is 1. The van der Waals surface area contributed by atoms with Crippen LogP contribution >= 0.6 is 23.4 Å². The largest absolute Gasteiger partial charge is 0.344 e. The van der Waals surface area contributed by atoms with E-state index in [0.717, 1.165) is 18.0 Å². The van der Waals surface area contributed by atoms with Crippen molar-refractivity contribution >= 4 is 29.3 Å². The van der Waals surface area contributed by atoms with E-state index in [-0.39, 0.29) is 5.91 Å². The Bertz CT molecular complexity index is 356. The molecule has 1 aromatic rings. The highest BCUT2D eigenvalue weighted by molar-refractivity contribution is 8.00. The second-order valence-corrected chi connectivity index (χ2v) is 5.15. The van der Waals surface area contributed by atoms with Crippen LogP contribution in [0, 0.1) is 0 Å². The van der Waals surface area contributed by atoms with Gasteiger partial charge in [-0.2, -0.15) is 0 Å². The second kappa shape index (κ2) is 7.58. The van der Waals surface area contributed by atoms with Crippen LogP contribution in [0.1, 0.15) is 0 Å². The summed E-state index contributed by atoms with van der Waals surface area (Å²) in [5.41, 5.74) is 0. The zero-order valence-electron chi connectivity index (χ0n) is 10.1. The molecular formula is C12H17ClN2OS. The first-order valence-electron chi connectivity index (χ1n) is 5.40. The van der Waals surface area contributed by atoms with Crippen LogP contribution in [0.15, 0.2) is 29.2 Å². The van der Waals surface area contributed by atoms with Gasteiger partial charge in [0.1, 0.15) is 0 Å². The van der Waals surface area contributed by atoms with E-state index in [4.69, 9.17) is 11.6 Å². The Hall–Kier alpha value is -0.710. The van der Waals surface area contributed by atoms with Crippen LogP contribution in [0.25, 0.3) is 0 Å². The molecule has 94 valence electrons. The van der Waals surface area contributed by atoms with E-state index in [1.54, 1.807) is 4.90 Å². The van der Waals surface area contributed by atoms with Gasteiger partial charge in [0.25, 0.3) is 0 Å². The zero-order valence-corrected chi connectivity index (χ0v) is 11.6. The van der Waals surface area contributed by atoms with Crippen molar-refractivity contribution in [2.75, 3.05) is 32.9 Å². The first-order chi connectivity index (χ1) is 8.13. The number of hydrogen-bond donors (Lipinski definition) is 1. The molecule has 0 bridgehead atoms. The van der Waals surface area contributed by atoms with Crippen LogP contribution in [0.3, 0.4) is 0 Å². The first-order valence-corrected chi connectivity index (χ1v) is 6.76. The summed E-state index contributed by atoms with van der Waals surface area (Å²) in [5.74, 6) is 0.599. The van der Waals surface area contributed by atoms with Crippen molar-refractivity contribution in [2.24, 2.45) is 0 Å². The third-order valence-corrected chi connectivity index (χ3v) is 3.55. The molecule has 1 aromatic carbocycles. The predicted molar refractivity (Wildman–Crippen MR) is 73.7 cm³/mol. The number of amides is 1. The smallest absolute Gasteiger partial charge is 0.232 e. The highest BCUT2D eigenvalue weighted by atomic mass is 35.5. The lowest BCUT2D eigenvalue weighted by molar-refractivity contribution is -0.127. The maximum atomic E-state index is 11.7. The Morgan fingerprint density at radius 3 is 2.65 bits per heavy atom. The fourth-order valence-corrected chi connectivity index (χ4v) is 2.16. The van der Waals surface area contributed by atoms with E-state index in [2.05, 4.69) is 5.32 Å². The lowest BCUT2D eigenvalue weighted by Crippen LogP contribution is -2.33. The molecule has 0 saturated heterocycles. The Balaban J connectivity index is 2.34. The van der Waals surface area contributed by atoms with Gasteiger partial charge in [0, 0.05) is 30.1 Å². The molecule has 0 aliphatic carbocycles. The van der Waals surface area contributed by atoms with Crippen molar-refractivity contribution in [1.82, 2.24) is 10.2 Å². The summed E-state index contributed by atoms with van der Waals surface area (Å²) < 4.78 is 0. The lowest BCUT2D eigenvalue weighted by atomic mass is 10.4.